The second-order valence-corrected chi connectivity index (χ2v) is 7.32. The van der Waals surface area contributed by atoms with Gasteiger partial charge in [-0.2, -0.15) is 0 Å². The van der Waals surface area contributed by atoms with Crippen molar-refractivity contribution < 1.29 is 4.39 Å². The molecule has 1 aromatic rings. The Kier molecular flexibility index (Phi) is 7.89. The molecule has 0 aliphatic heterocycles. The van der Waals surface area contributed by atoms with Crippen molar-refractivity contribution in [2.45, 2.75) is 65.8 Å². The van der Waals surface area contributed by atoms with Gasteiger partial charge in [-0.05, 0) is 48.4 Å². The number of halogens is 2. The van der Waals surface area contributed by atoms with E-state index in [9.17, 15) is 4.39 Å². The van der Waals surface area contributed by atoms with Gasteiger partial charge in [-0.3, -0.25) is 0 Å². The van der Waals surface area contributed by atoms with Crippen LogP contribution in [0.1, 0.15) is 58.9 Å². The Hall–Kier alpha value is -0.410. The van der Waals surface area contributed by atoms with Gasteiger partial charge in [0.15, 0.2) is 0 Å². The van der Waals surface area contributed by atoms with Crippen LogP contribution in [0.2, 0.25) is 0 Å². The molecule has 0 saturated carbocycles. The SMILES string of the molecule is CCCCC(CC)(CNC(C)C)Cc1cc(Br)ccc1F. The summed E-state index contributed by atoms with van der Waals surface area (Å²) in [7, 11) is 0. The largest absolute Gasteiger partial charge is 0.314 e. The highest BCUT2D eigenvalue weighted by Gasteiger charge is 2.29. The Morgan fingerprint density at radius 2 is 2.00 bits per heavy atom. The highest BCUT2D eigenvalue weighted by atomic mass is 79.9. The van der Waals surface area contributed by atoms with E-state index in [2.05, 4.69) is 48.9 Å². The maximum absolute atomic E-state index is 14.1. The first-order valence-corrected chi connectivity index (χ1v) is 8.89. The summed E-state index contributed by atoms with van der Waals surface area (Å²) < 4.78 is 15.1. The van der Waals surface area contributed by atoms with Crippen LogP contribution >= 0.6 is 15.9 Å². The van der Waals surface area contributed by atoms with Gasteiger partial charge in [0.2, 0.25) is 0 Å². The van der Waals surface area contributed by atoms with E-state index >= 15 is 0 Å². The van der Waals surface area contributed by atoms with Gasteiger partial charge in [-0.1, -0.05) is 56.5 Å². The fourth-order valence-electron chi connectivity index (χ4n) is 2.72. The normalized spacial score (nSPS) is 14.4. The summed E-state index contributed by atoms with van der Waals surface area (Å²) >= 11 is 3.46. The monoisotopic (exact) mass is 357 g/mol. The maximum atomic E-state index is 14.1. The predicted octanol–water partition coefficient (Wildman–Crippen LogP) is 5.72. The van der Waals surface area contributed by atoms with E-state index in [0.717, 1.165) is 35.8 Å². The van der Waals surface area contributed by atoms with E-state index in [1.54, 1.807) is 12.1 Å². The summed E-state index contributed by atoms with van der Waals surface area (Å²) in [5, 5.41) is 3.57. The van der Waals surface area contributed by atoms with Crippen molar-refractivity contribution in [1.82, 2.24) is 5.32 Å². The van der Waals surface area contributed by atoms with Crippen molar-refractivity contribution in [1.29, 1.82) is 0 Å². The molecule has 0 heterocycles. The Balaban J connectivity index is 2.95. The molecule has 0 spiro atoms. The number of hydrogen-bond acceptors (Lipinski definition) is 1. The molecule has 1 aromatic carbocycles. The van der Waals surface area contributed by atoms with Gasteiger partial charge in [0.1, 0.15) is 5.82 Å². The van der Waals surface area contributed by atoms with Crippen LogP contribution in [-0.4, -0.2) is 12.6 Å². The zero-order valence-electron chi connectivity index (χ0n) is 13.8. The first-order chi connectivity index (χ1) is 9.92. The summed E-state index contributed by atoms with van der Waals surface area (Å²) in [5.41, 5.74) is 0.968. The van der Waals surface area contributed by atoms with E-state index in [-0.39, 0.29) is 11.2 Å². The van der Waals surface area contributed by atoms with E-state index in [4.69, 9.17) is 0 Å². The summed E-state index contributed by atoms with van der Waals surface area (Å²) in [6.07, 6.45) is 5.40. The third-order valence-electron chi connectivity index (χ3n) is 4.27. The fraction of sp³-hybridized carbons (Fsp3) is 0.667. The minimum Gasteiger partial charge on any atom is -0.314 e. The van der Waals surface area contributed by atoms with Crippen molar-refractivity contribution in [2.24, 2.45) is 5.41 Å². The van der Waals surface area contributed by atoms with Crippen LogP contribution < -0.4 is 5.32 Å². The second kappa shape index (κ2) is 8.89. The molecular weight excluding hydrogens is 329 g/mol. The van der Waals surface area contributed by atoms with Crippen LogP contribution in [0.4, 0.5) is 4.39 Å². The van der Waals surface area contributed by atoms with Crippen molar-refractivity contribution in [3.05, 3.63) is 34.1 Å². The molecule has 0 aliphatic rings. The molecule has 1 rings (SSSR count). The highest BCUT2D eigenvalue weighted by Crippen LogP contribution is 2.34. The predicted molar refractivity (Wildman–Crippen MR) is 93.2 cm³/mol. The van der Waals surface area contributed by atoms with Gasteiger partial charge in [-0.15, -0.1) is 0 Å². The Morgan fingerprint density at radius 3 is 2.57 bits per heavy atom. The molecule has 0 saturated heterocycles. The van der Waals surface area contributed by atoms with E-state index < -0.39 is 0 Å². The van der Waals surface area contributed by atoms with Crippen LogP contribution in [0.25, 0.3) is 0 Å². The summed E-state index contributed by atoms with van der Waals surface area (Å²) in [4.78, 5) is 0. The van der Waals surface area contributed by atoms with Gasteiger partial charge in [0.05, 0.1) is 0 Å². The lowest BCUT2D eigenvalue weighted by molar-refractivity contribution is 0.220. The Morgan fingerprint density at radius 1 is 1.29 bits per heavy atom. The molecule has 1 unspecified atom stereocenters. The standard InChI is InChI=1S/C18H29BrFN/c1-5-7-10-18(6-2,13-21-14(3)4)12-15-11-16(19)8-9-17(15)20/h8-9,11,14,21H,5-7,10,12-13H2,1-4H3. The Bertz CT molecular complexity index is 433. The summed E-state index contributed by atoms with van der Waals surface area (Å²) in [6, 6.07) is 5.73. The van der Waals surface area contributed by atoms with E-state index in [1.807, 2.05) is 6.07 Å². The molecular formula is C18H29BrFN. The zero-order valence-corrected chi connectivity index (χ0v) is 15.4. The molecule has 1 N–H and O–H groups in total. The summed E-state index contributed by atoms with van der Waals surface area (Å²) in [5.74, 6) is -0.0860. The van der Waals surface area contributed by atoms with Crippen molar-refractivity contribution in [2.75, 3.05) is 6.54 Å². The van der Waals surface area contributed by atoms with Gasteiger partial charge in [0, 0.05) is 17.1 Å². The molecule has 0 amide bonds. The molecule has 0 bridgehead atoms. The summed E-state index contributed by atoms with van der Waals surface area (Å²) in [6.45, 7) is 9.73. The Labute approximate surface area is 137 Å². The smallest absolute Gasteiger partial charge is 0.126 e. The van der Waals surface area contributed by atoms with Gasteiger partial charge < -0.3 is 5.32 Å². The number of benzene rings is 1. The zero-order chi connectivity index (χ0) is 15.9. The lowest BCUT2D eigenvalue weighted by atomic mass is 9.75. The first kappa shape index (κ1) is 18.6. The molecule has 120 valence electrons. The second-order valence-electron chi connectivity index (χ2n) is 6.41. The molecule has 3 heteroatoms. The number of nitrogens with one attached hydrogen (secondary N) is 1. The van der Waals surface area contributed by atoms with E-state index in [0.29, 0.717) is 6.04 Å². The number of rotatable bonds is 9. The number of unbranched alkanes of at least 4 members (excludes halogenated alkanes) is 1. The molecule has 21 heavy (non-hydrogen) atoms. The minimum absolute atomic E-state index is 0.0860. The van der Waals surface area contributed by atoms with Crippen LogP contribution in [0.5, 0.6) is 0 Å². The third kappa shape index (κ3) is 6.07. The molecule has 0 radical (unpaired) electrons. The quantitative estimate of drug-likeness (QED) is 0.596. The lowest BCUT2D eigenvalue weighted by Crippen LogP contribution is -2.39. The first-order valence-electron chi connectivity index (χ1n) is 8.09. The van der Waals surface area contributed by atoms with Crippen LogP contribution in [-0.2, 0) is 6.42 Å². The van der Waals surface area contributed by atoms with Crippen molar-refractivity contribution in [3.63, 3.8) is 0 Å². The molecule has 1 atom stereocenters. The number of hydrogen-bond donors (Lipinski definition) is 1. The molecule has 1 nitrogen and oxygen atoms in total. The molecule has 0 aromatic heterocycles. The van der Waals surface area contributed by atoms with Crippen molar-refractivity contribution >= 4 is 15.9 Å². The van der Waals surface area contributed by atoms with Crippen LogP contribution in [0.3, 0.4) is 0 Å². The van der Waals surface area contributed by atoms with Gasteiger partial charge >= 0.3 is 0 Å². The third-order valence-corrected chi connectivity index (χ3v) is 4.76. The average molecular weight is 358 g/mol. The maximum Gasteiger partial charge on any atom is 0.126 e. The van der Waals surface area contributed by atoms with Crippen molar-refractivity contribution in [3.8, 4) is 0 Å². The topological polar surface area (TPSA) is 12.0 Å². The van der Waals surface area contributed by atoms with Gasteiger partial charge in [-0.25, -0.2) is 4.39 Å². The lowest BCUT2D eigenvalue weighted by Gasteiger charge is -2.34. The molecule has 0 fully saturated rings. The highest BCUT2D eigenvalue weighted by molar-refractivity contribution is 9.10. The van der Waals surface area contributed by atoms with Crippen LogP contribution in [0.15, 0.2) is 22.7 Å². The molecule has 0 aliphatic carbocycles. The average Bonchev–Trinajstić information content (AvgIpc) is 2.45. The fourth-order valence-corrected chi connectivity index (χ4v) is 3.13. The van der Waals surface area contributed by atoms with Gasteiger partial charge in [0.25, 0.3) is 0 Å². The minimum atomic E-state index is -0.0860. The van der Waals surface area contributed by atoms with Crippen LogP contribution in [0, 0.1) is 11.2 Å². The van der Waals surface area contributed by atoms with E-state index in [1.165, 1.54) is 12.8 Å².